The van der Waals surface area contributed by atoms with Gasteiger partial charge in [-0.2, -0.15) is 0 Å². The molecule has 1 saturated carbocycles. The molecular formula is C13H24N2O4S. The molecular weight excluding hydrogens is 280 g/mol. The van der Waals surface area contributed by atoms with Crippen LogP contribution in [0.2, 0.25) is 0 Å². The summed E-state index contributed by atoms with van der Waals surface area (Å²) in [5, 5.41) is -0.223. The van der Waals surface area contributed by atoms with Gasteiger partial charge in [0.2, 0.25) is 10.0 Å². The molecule has 0 aromatic heterocycles. The minimum Gasteiger partial charge on any atom is -0.444 e. The summed E-state index contributed by atoms with van der Waals surface area (Å²) in [4.78, 5) is 13.7. The summed E-state index contributed by atoms with van der Waals surface area (Å²) in [6.07, 6.45) is 2.83. The van der Waals surface area contributed by atoms with Crippen LogP contribution >= 0.6 is 0 Å². The van der Waals surface area contributed by atoms with E-state index in [4.69, 9.17) is 4.74 Å². The Hall–Kier alpha value is -0.820. The van der Waals surface area contributed by atoms with E-state index < -0.39 is 15.6 Å². The van der Waals surface area contributed by atoms with Crippen molar-refractivity contribution in [2.75, 3.05) is 13.1 Å². The van der Waals surface area contributed by atoms with Gasteiger partial charge in [0.15, 0.2) is 0 Å². The molecule has 7 heteroatoms. The zero-order valence-electron chi connectivity index (χ0n) is 12.4. The highest BCUT2D eigenvalue weighted by atomic mass is 32.2. The van der Waals surface area contributed by atoms with Gasteiger partial charge in [0, 0.05) is 19.1 Å². The van der Waals surface area contributed by atoms with Crippen LogP contribution in [0.4, 0.5) is 4.79 Å². The fourth-order valence-corrected chi connectivity index (χ4v) is 3.73. The van der Waals surface area contributed by atoms with Gasteiger partial charge in [0.05, 0.1) is 5.25 Å². The summed E-state index contributed by atoms with van der Waals surface area (Å²) in [6, 6.07) is -0.0987. The van der Waals surface area contributed by atoms with Crippen molar-refractivity contribution in [3.8, 4) is 0 Å². The van der Waals surface area contributed by atoms with Crippen LogP contribution in [-0.4, -0.2) is 49.4 Å². The van der Waals surface area contributed by atoms with Crippen LogP contribution in [0.15, 0.2) is 0 Å². The van der Waals surface area contributed by atoms with E-state index in [1.807, 2.05) is 20.8 Å². The van der Waals surface area contributed by atoms with Gasteiger partial charge in [0.25, 0.3) is 0 Å². The van der Waals surface area contributed by atoms with E-state index in [0.29, 0.717) is 6.54 Å². The van der Waals surface area contributed by atoms with Crippen molar-refractivity contribution in [3.05, 3.63) is 0 Å². The largest absolute Gasteiger partial charge is 0.444 e. The minimum atomic E-state index is -3.19. The van der Waals surface area contributed by atoms with Gasteiger partial charge in [-0.3, -0.25) is 0 Å². The quantitative estimate of drug-likeness (QED) is 0.853. The third-order valence-electron chi connectivity index (χ3n) is 3.49. The van der Waals surface area contributed by atoms with E-state index in [2.05, 4.69) is 4.72 Å². The molecule has 0 radical (unpaired) electrons. The number of ether oxygens (including phenoxy) is 1. The molecule has 0 aromatic carbocycles. The molecule has 1 aliphatic heterocycles. The summed E-state index contributed by atoms with van der Waals surface area (Å²) in [5.74, 6) is 0. The first-order valence-corrected chi connectivity index (χ1v) is 8.72. The predicted octanol–water partition coefficient (Wildman–Crippen LogP) is 1.47. The summed E-state index contributed by atoms with van der Waals surface area (Å²) in [6.45, 7) is 6.39. The number of amides is 1. The van der Waals surface area contributed by atoms with Crippen LogP contribution in [0, 0.1) is 0 Å². The maximum Gasteiger partial charge on any atom is 0.410 e. The van der Waals surface area contributed by atoms with Crippen molar-refractivity contribution in [1.29, 1.82) is 0 Å². The molecule has 1 atom stereocenters. The highest BCUT2D eigenvalue weighted by Gasteiger charge is 2.37. The average Bonchev–Trinajstić information content (AvgIpc) is 3.04. The molecule has 0 unspecified atom stereocenters. The normalized spacial score (nSPS) is 23.9. The van der Waals surface area contributed by atoms with E-state index in [1.165, 1.54) is 0 Å². The van der Waals surface area contributed by atoms with Crippen molar-refractivity contribution in [1.82, 2.24) is 9.62 Å². The van der Waals surface area contributed by atoms with Gasteiger partial charge in [-0.05, 0) is 46.5 Å². The van der Waals surface area contributed by atoms with E-state index in [0.717, 1.165) is 25.7 Å². The summed E-state index contributed by atoms with van der Waals surface area (Å²) < 4.78 is 31.6. The zero-order chi connectivity index (χ0) is 15.0. The number of hydrogen-bond donors (Lipinski definition) is 1. The molecule has 20 heavy (non-hydrogen) atoms. The molecule has 0 bridgehead atoms. The molecule has 1 aliphatic carbocycles. The lowest BCUT2D eigenvalue weighted by atomic mass is 10.2. The Morgan fingerprint density at radius 1 is 1.30 bits per heavy atom. The summed E-state index contributed by atoms with van der Waals surface area (Å²) in [5.41, 5.74) is -0.530. The third-order valence-corrected chi connectivity index (χ3v) is 5.41. The number of nitrogens with one attached hydrogen (secondary N) is 1. The van der Waals surface area contributed by atoms with Crippen LogP contribution in [0.5, 0.6) is 0 Å². The van der Waals surface area contributed by atoms with Gasteiger partial charge in [-0.15, -0.1) is 0 Å². The molecule has 1 amide bonds. The standard InChI is InChI=1S/C13H24N2O4S/c1-13(2,3)19-12(16)15-8-4-5-10(15)9-14-20(17,18)11-6-7-11/h10-11,14H,4-9H2,1-3H3/t10-/m0/s1. The fraction of sp³-hybridized carbons (Fsp3) is 0.923. The first kappa shape index (κ1) is 15.6. The highest BCUT2D eigenvalue weighted by Crippen LogP contribution is 2.28. The molecule has 2 aliphatic rings. The molecule has 0 aromatic rings. The second-order valence-corrected chi connectivity index (χ2v) is 8.61. The van der Waals surface area contributed by atoms with Crippen molar-refractivity contribution in [3.63, 3.8) is 0 Å². The fourth-order valence-electron chi connectivity index (χ4n) is 2.32. The topological polar surface area (TPSA) is 75.7 Å². The number of sulfonamides is 1. The van der Waals surface area contributed by atoms with E-state index in [-0.39, 0.29) is 23.9 Å². The summed E-state index contributed by atoms with van der Waals surface area (Å²) >= 11 is 0. The average molecular weight is 304 g/mol. The summed E-state index contributed by atoms with van der Waals surface area (Å²) in [7, 11) is -3.19. The Balaban J connectivity index is 1.89. The molecule has 1 N–H and O–H groups in total. The molecule has 0 spiro atoms. The van der Waals surface area contributed by atoms with Crippen molar-refractivity contribution >= 4 is 16.1 Å². The van der Waals surface area contributed by atoms with E-state index >= 15 is 0 Å². The highest BCUT2D eigenvalue weighted by molar-refractivity contribution is 7.90. The third kappa shape index (κ3) is 4.09. The first-order chi connectivity index (χ1) is 9.19. The van der Waals surface area contributed by atoms with Crippen molar-refractivity contribution in [2.24, 2.45) is 0 Å². The molecule has 1 saturated heterocycles. The molecule has 116 valence electrons. The SMILES string of the molecule is CC(C)(C)OC(=O)N1CCC[C@H]1CNS(=O)(=O)C1CC1. The van der Waals surface area contributed by atoms with Crippen LogP contribution < -0.4 is 4.72 Å². The molecule has 2 rings (SSSR count). The maximum atomic E-state index is 12.1. The van der Waals surface area contributed by atoms with Gasteiger partial charge in [0.1, 0.15) is 5.60 Å². The van der Waals surface area contributed by atoms with Crippen LogP contribution in [0.3, 0.4) is 0 Å². The number of likely N-dealkylation sites (tertiary alicyclic amines) is 1. The minimum absolute atomic E-state index is 0.0987. The lowest BCUT2D eigenvalue weighted by Gasteiger charge is -2.28. The lowest BCUT2D eigenvalue weighted by Crippen LogP contribution is -2.45. The smallest absolute Gasteiger partial charge is 0.410 e. The predicted molar refractivity (Wildman–Crippen MR) is 75.9 cm³/mol. The Labute approximate surface area is 120 Å². The Morgan fingerprint density at radius 2 is 1.95 bits per heavy atom. The van der Waals surface area contributed by atoms with E-state index in [9.17, 15) is 13.2 Å². The number of rotatable bonds is 4. The second kappa shape index (κ2) is 5.52. The zero-order valence-corrected chi connectivity index (χ0v) is 13.2. The molecule has 6 nitrogen and oxygen atoms in total. The van der Waals surface area contributed by atoms with Crippen LogP contribution in [0.1, 0.15) is 46.5 Å². The first-order valence-electron chi connectivity index (χ1n) is 7.17. The number of hydrogen-bond acceptors (Lipinski definition) is 4. The monoisotopic (exact) mass is 304 g/mol. The lowest BCUT2D eigenvalue weighted by molar-refractivity contribution is 0.0229. The number of nitrogens with zero attached hydrogens (tertiary/aromatic N) is 1. The second-order valence-electron chi connectivity index (χ2n) is 6.56. The van der Waals surface area contributed by atoms with Crippen molar-refractivity contribution < 1.29 is 17.9 Å². The van der Waals surface area contributed by atoms with Gasteiger partial charge in [-0.25, -0.2) is 17.9 Å². The van der Waals surface area contributed by atoms with Crippen LogP contribution in [0.25, 0.3) is 0 Å². The van der Waals surface area contributed by atoms with Gasteiger partial charge in [-0.1, -0.05) is 0 Å². The number of carbonyl (C=O) groups is 1. The molecule has 1 heterocycles. The Morgan fingerprint density at radius 3 is 2.50 bits per heavy atom. The Kier molecular flexibility index (Phi) is 4.30. The Bertz CT molecular complexity index is 465. The van der Waals surface area contributed by atoms with Crippen molar-refractivity contribution in [2.45, 2.75) is 63.3 Å². The molecule has 2 fully saturated rings. The van der Waals surface area contributed by atoms with Gasteiger partial charge >= 0.3 is 6.09 Å². The van der Waals surface area contributed by atoms with Crippen LogP contribution in [-0.2, 0) is 14.8 Å². The maximum absolute atomic E-state index is 12.1. The van der Waals surface area contributed by atoms with Gasteiger partial charge < -0.3 is 9.64 Å². The van der Waals surface area contributed by atoms with E-state index in [1.54, 1.807) is 4.90 Å². The number of carbonyl (C=O) groups excluding carboxylic acids is 1.